The van der Waals surface area contributed by atoms with Gasteiger partial charge in [-0.25, -0.2) is 0 Å². The molecule has 164 valence electrons. The van der Waals surface area contributed by atoms with Gasteiger partial charge >= 0.3 is 0 Å². The van der Waals surface area contributed by atoms with Gasteiger partial charge in [0, 0.05) is 19.5 Å². The summed E-state index contributed by atoms with van der Waals surface area (Å²) in [5.41, 5.74) is 3.10. The zero-order chi connectivity index (χ0) is 22.8. The van der Waals surface area contributed by atoms with Gasteiger partial charge in [0.25, 0.3) is 0 Å². The molecule has 33 heavy (non-hydrogen) atoms. The van der Waals surface area contributed by atoms with Gasteiger partial charge in [0.2, 0.25) is 0 Å². The molecule has 4 rings (SSSR count). The van der Waals surface area contributed by atoms with Gasteiger partial charge in [-0.2, -0.15) is 0 Å². The molecule has 0 bridgehead atoms. The van der Waals surface area contributed by atoms with Crippen molar-refractivity contribution < 1.29 is 5.11 Å². The molecule has 4 aromatic carbocycles. The third-order valence-electron chi connectivity index (χ3n) is 5.77. The van der Waals surface area contributed by atoms with Crippen molar-refractivity contribution >= 4 is 0 Å². The fourth-order valence-corrected chi connectivity index (χ4v) is 4.01. The average Bonchev–Trinajstić information content (AvgIpc) is 2.88. The fourth-order valence-electron chi connectivity index (χ4n) is 4.01. The Hall–Kier alpha value is -3.64. The Morgan fingerprint density at radius 3 is 1.36 bits per heavy atom. The van der Waals surface area contributed by atoms with Crippen LogP contribution in [0.15, 0.2) is 121 Å². The molecule has 0 amide bonds. The summed E-state index contributed by atoms with van der Waals surface area (Å²) in [7, 11) is 0. The normalized spacial score (nSPS) is 11.1. The smallest absolute Gasteiger partial charge is 0.125 e. The molecule has 0 aliphatic rings. The molecule has 0 saturated carbocycles. The van der Waals surface area contributed by atoms with Crippen LogP contribution in [0.5, 0.6) is 0 Å². The first-order valence-electron chi connectivity index (χ1n) is 11.3. The van der Waals surface area contributed by atoms with Gasteiger partial charge < -0.3 is 5.11 Å². The van der Waals surface area contributed by atoms with Crippen molar-refractivity contribution in [3.05, 3.63) is 144 Å². The minimum absolute atomic E-state index is 0.339. The molecule has 2 nitrogen and oxygen atoms in total. The number of hydrogen-bond acceptors (Lipinski definition) is 2. The number of nitrogens with zero attached hydrogens (tertiary/aromatic N) is 1. The van der Waals surface area contributed by atoms with Crippen LogP contribution in [0.2, 0.25) is 0 Å². The Morgan fingerprint density at radius 2 is 0.939 bits per heavy atom. The molecule has 0 fully saturated rings. The van der Waals surface area contributed by atoms with Gasteiger partial charge in [-0.05, 0) is 22.3 Å². The van der Waals surface area contributed by atoms with Crippen molar-refractivity contribution in [3.8, 4) is 11.8 Å². The van der Waals surface area contributed by atoms with Gasteiger partial charge in [-0.15, -0.1) is 0 Å². The van der Waals surface area contributed by atoms with Crippen LogP contribution < -0.4 is 0 Å². The first kappa shape index (κ1) is 22.6. The lowest BCUT2D eigenvalue weighted by atomic mass is 9.84. The third kappa shape index (κ3) is 6.20. The summed E-state index contributed by atoms with van der Waals surface area (Å²) in [5, 5.41) is 11.7. The summed E-state index contributed by atoms with van der Waals surface area (Å²) in [6.07, 6.45) is 0.339. The quantitative estimate of drug-likeness (QED) is 0.345. The molecule has 0 atom stereocenters. The largest absolute Gasteiger partial charge is 0.379 e. The number of aliphatic hydroxyl groups is 1. The topological polar surface area (TPSA) is 23.5 Å². The summed E-state index contributed by atoms with van der Waals surface area (Å²) < 4.78 is 0. The third-order valence-corrected chi connectivity index (χ3v) is 5.77. The van der Waals surface area contributed by atoms with E-state index in [4.69, 9.17) is 0 Å². The van der Waals surface area contributed by atoms with E-state index in [1.165, 1.54) is 11.1 Å². The van der Waals surface area contributed by atoms with Crippen molar-refractivity contribution in [2.45, 2.75) is 25.1 Å². The molecule has 0 radical (unpaired) electrons. The minimum atomic E-state index is -1.14. The monoisotopic (exact) mass is 431 g/mol. The van der Waals surface area contributed by atoms with Crippen LogP contribution in [-0.2, 0) is 18.7 Å². The first-order chi connectivity index (χ1) is 16.2. The molecular formula is C31H29NO. The number of rotatable bonds is 8. The second-order valence-corrected chi connectivity index (χ2v) is 8.24. The summed E-state index contributed by atoms with van der Waals surface area (Å²) in [6, 6.07) is 40.6. The van der Waals surface area contributed by atoms with E-state index in [0.29, 0.717) is 13.0 Å². The zero-order valence-corrected chi connectivity index (χ0v) is 18.8. The van der Waals surface area contributed by atoms with Crippen molar-refractivity contribution in [3.63, 3.8) is 0 Å². The lowest BCUT2D eigenvalue weighted by molar-refractivity contribution is 0.0864. The molecule has 1 N–H and O–H groups in total. The van der Waals surface area contributed by atoms with Gasteiger partial charge in [0.05, 0.1) is 6.54 Å². The lowest BCUT2D eigenvalue weighted by Crippen LogP contribution is -2.27. The predicted octanol–water partition coefficient (Wildman–Crippen LogP) is 6.02. The molecule has 0 aliphatic carbocycles. The molecule has 0 aromatic heterocycles. The average molecular weight is 432 g/mol. The van der Waals surface area contributed by atoms with Gasteiger partial charge in [-0.1, -0.05) is 133 Å². The highest BCUT2D eigenvalue weighted by Gasteiger charge is 2.30. The van der Waals surface area contributed by atoms with Crippen LogP contribution in [0.1, 0.15) is 28.7 Å². The zero-order valence-electron chi connectivity index (χ0n) is 18.8. The SMILES string of the molecule is OC(CC#CCN(Cc1ccccc1)Cc1ccccc1)(c1ccccc1)c1ccccc1. The van der Waals surface area contributed by atoms with E-state index in [1.807, 2.05) is 72.8 Å². The van der Waals surface area contributed by atoms with E-state index in [0.717, 1.165) is 24.2 Å². The highest BCUT2D eigenvalue weighted by molar-refractivity contribution is 5.37. The Morgan fingerprint density at radius 1 is 0.545 bits per heavy atom. The highest BCUT2D eigenvalue weighted by atomic mass is 16.3. The van der Waals surface area contributed by atoms with E-state index in [1.54, 1.807) is 0 Å². The lowest BCUT2D eigenvalue weighted by Gasteiger charge is -2.27. The van der Waals surface area contributed by atoms with E-state index in [2.05, 4.69) is 65.3 Å². The molecule has 0 aliphatic heterocycles. The van der Waals surface area contributed by atoms with Crippen molar-refractivity contribution in [2.24, 2.45) is 0 Å². The van der Waals surface area contributed by atoms with Crippen LogP contribution in [0.25, 0.3) is 0 Å². The summed E-state index contributed by atoms with van der Waals surface area (Å²) in [5.74, 6) is 6.62. The maximum absolute atomic E-state index is 11.7. The number of hydrogen-bond donors (Lipinski definition) is 1. The van der Waals surface area contributed by atoms with Crippen LogP contribution >= 0.6 is 0 Å². The van der Waals surface area contributed by atoms with Crippen molar-refractivity contribution in [1.29, 1.82) is 0 Å². The molecule has 0 unspecified atom stereocenters. The fraction of sp³-hybridized carbons (Fsp3) is 0.161. The summed E-state index contributed by atoms with van der Waals surface area (Å²) in [4.78, 5) is 2.34. The highest BCUT2D eigenvalue weighted by Crippen LogP contribution is 2.32. The maximum atomic E-state index is 11.7. The first-order valence-corrected chi connectivity index (χ1v) is 11.3. The Labute approximate surface area is 197 Å². The number of benzene rings is 4. The summed E-state index contributed by atoms with van der Waals surface area (Å²) >= 11 is 0. The maximum Gasteiger partial charge on any atom is 0.125 e. The van der Waals surface area contributed by atoms with E-state index in [9.17, 15) is 5.11 Å². The summed E-state index contributed by atoms with van der Waals surface area (Å²) in [6.45, 7) is 2.28. The molecule has 4 aromatic rings. The Bertz CT molecular complexity index is 1080. The van der Waals surface area contributed by atoms with Crippen molar-refractivity contribution in [2.75, 3.05) is 6.54 Å². The molecule has 0 saturated heterocycles. The van der Waals surface area contributed by atoms with E-state index >= 15 is 0 Å². The van der Waals surface area contributed by atoms with Crippen LogP contribution in [-0.4, -0.2) is 16.6 Å². The second-order valence-electron chi connectivity index (χ2n) is 8.24. The van der Waals surface area contributed by atoms with Gasteiger partial charge in [0.15, 0.2) is 0 Å². The van der Waals surface area contributed by atoms with Crippen molar-refractivity contribution in [1.82, 2.24) is 4.90 Å². The Balaban J connectivity index is 1.52. The van der Waals surface area contributed by atoms with Crippen LogP contribution in [0.3, 0.4) is 0 Å². The second kappa shape index (κ2) is 11.3. The van der Waals surface area contributed by atoms with Crippen LogP contribution in [0.4, 0.5) is 0 Å². The molecule has 2 heteroatoms. The van der Waals surface area contributed by atoms with Gasteiger partial charge in [-0.3, -0.25) is 4.90 Å². The Kier molecular flexibility index (Phi) is 7.72. The molecule has 0 heterocycles. The molecular weight excluding hydrogens is 402 g/mol. The van der Waals surface area contributed by atoms with E-state index < -0.39 is 5.60 Å². The van der Waals surface area contributed by atoms with Crippen LogP contribution in [0, 0.1) is 11.8 Å². The standard InChI is InChI=1S/C31H29NO/c33-31(29-19-9-3-10-20-29,30-21-11-4-12-22-30)23-13-14-24-32(25-27-15-5-1-6-16-27)26-28-17-7-2-8-18-28/h1-12,15-22,33H,23-26H2. The molecule has 0 spiro atoms. The van der Waals surface area contributed by atoms with Gasteiger partial charge in [0.1, 0.15) is 5.60 Å². The predicted molar refractivity (Wildman–Crippen MR) is 135 cm³/mol. The van der Waals surface area contributed by atoms with E-state index in [-0.39, 0.29) is 0 Å². The minimum Gasteiger partial charge on any atom is -0.379 e.